The summed E-state index contributed by atoms with van der Waals surface area (Å²) in [5.41, 5.74) is -2.12. The zero-order valence-electron chi connectivity index (χ0n) is 15.0. The van der Waals surface area contributed by atoms with Gasteiger partial charge in [0.1, 0.15) is 11.3 Å². The predicted molar refractivity (Wildman–Crippen MR) is 96.7 cm³/mol. The third-order valence-corrected chi connectivity index (χ3v) is 4.56. The Morgan fingerprint density at radius 1 is 1.23 bits per heavy atom. The fraction of sp³-hybridized carbons (Fsp3) is 0.526. The number of carbonyl (C=O) groups excluding carboxylic acids is 2. The number of ether oxygens (including phenoxy) is 2. The number of nitriles is 1. The normalized spacial score (nSPS) is 16.2. The van der Waals surface area contributed by atoms with Gasteiger partial charge in [0, 0.05) is 5.02 Å². The van der Waals surface area contributed by atoms with Crippen molar-refractivity contribution in [2.45, 2.75) is 57.1 Å². The van der Waals surface area contributed by atoms with Crippen LogP contribution in [0.5, 0.6) is 5.75 Å². The van der Waals surface area contributed by atoms with E-state index in [-0.39, 0.29) is 0 Å². The fourth-order valence-electron chi connectivity index (χ4n) is 2.87. The van der Waals surface area contributed by atoms with Gasteiger partial charge in [-0.25, -0.2) is 4.79 Å². The largest absolute Gasteiger partial charge is 0.476 e. The Hall–Kier alpha value is -2.26. The molecule has 140 valence electrons. The van der Waals surface area contributed by atoms with Gasteiger partial charge in [-0.3, -0.25) is 4.79 Å². The first kappa shape index (κ1) is 20.1. The van der Waals surface area contributed by atoms with Gasteiger partial charge >= 0.3 is 5.97 Å². The van der Waals surface area contributed by atoms with Crippen LogP contribution in [0.2, 0.25) is 5.02 Å². The van der Waals surface area contributed by atoms with Gasteiger partial charge in [0.15, 0.2) is 12.2 Å². The topological polar surface area (TPSA) is 88.4 Å². The average molecular weight is 379 g/mol. The molecule has 0 unspecified atom stereocenters. The molecule has 1 aromatic rings. The molecule has 1 saturated carbocycles. The number of esters is 1. The molecule has 1 N–H and O–H groups in total. The summed E-state index contributed by atoms with van der Waals surface area (Å²) in [5.74, 6) is -0.687. The minimum absolute atomic E-state index is 0.449. The van der Waals surface area contributed by atoms with Gasteiger partial charge in [-0.1, -0.05) is 30.9 Å². The van der Waals surface area contributed by atoms with E-state index in [4.69, 9.17) is 21.1 Å². The molecule has 0 heterocycles. The number of halogens is 1. The maximum absolute atomic E-state index is 12.3. The highest BCUT2D eigenvalue weighted by atomic mass is 35.5. The first-order valence-corrected chi connectivity index (χ1v) is 8.98. The number of rotatable bonds is 6. The Morgan fingerprint density at radius 2 is 1.85 bits per heavy atom. The van der Waals surface area contributed by atoms with E-state index in [1.807, 2.05) is 0 Å². The molecule has 26 heavy (non-hydrogen) atoms. The van der Waals surface area contributed by atoms with E-state index < -0.39 is 29.6 Å². The third kappa shape index (κ3) is 5.37. The number of hydrogen-bond donors (Lipinski definition) is 1. The van der Waals surface area contributed by atoms with E-state index in [0.29, 0.717) is 23.6 Å². The average Bonchev–Trinajstić information content (AvgIpc) is 2.62. The fourth-order valence-corrected chi connectivity index (χ4v) is 2.99. The molecule has 0 atom stereocenters. The van der Waals surface area contributed by atoms with Crippen LogP contribution in [-0.4, -0.2) is 29.6 Å². The van der Waals surface area contributed by atoms with Crippen molar-refractivity contribution < 1.29 is 19.1 Å². The summed E-state index contributed by atoms with van der Waals surface area (Å²) in [6.07, 6.45) is 4.10. The van der Waals surface area contributed by atoms with Crippen LogP contribution >= 0.6 is 11.6 Å². The van der Waals surface area contributed by atoms with Gasteiger partial charge in [-0.2, -0.15) is 5.26 Å². The number of amides is 1. The summed E-state index contributed by atoms with van der Waals surface area (Å²) < 4.78 is 10.7. The second-order valence-corrected chi connectivity index (χ2v) is 7.38. The molecule has 1 aliphatic carbocycles. The number of carbonyl (C=O) groups is 2. The number of hydrogen-bond acceptors (Lipinski definition) is 5. The molecule has 0 aliphatic heterocycles. The Kier molecular flexibility index (Phi) is 6.49. The van der Waals surface area contributed by atoms with Gasteiger partial charge < -0.3 is 14.8 Å². The highest BCUT2D eigenvalue weighted by Crippen LogP contribution is 2.27. The van der Waals surface area contributed by atoms with Crippen LogP contribution in [-0.2, 0) is 14.3 Å². The van der Waals surface area contributed by atoms with Gasteiger partial charge in [0.05, 0.1) is 6.07 Å². The second kappa shape index (κ2) is 8.41. The van der Waals surface area contributed by atoms with Crippen LogP contribution in [0, 0.1) is 11.3 Å². The van der Waals surface area contributed by atoms with Crippen molar-refractivity contribution in [1.82, 2.24) is 5.32 Å². The SMILES string of the molecule is CC(C)(Oc1ccc(Cl)cc1)C(=O)OCC(=O)NC1(C#N)CCCCC1. The summed E-state index contributed by atoms with van der Waals surface area (Å²) in [5, 5.41) is 12.6. The van der Waals surface area contributed by atoms with Crippen molar-refractivity contribution in [2.75, 3.05) is 6.61 Å². The van der Waals surface area contributed by atoms with Crippen molar-refractivity contribution in [2.24, 2.45) is 0 Å². The van der Waals surface area contributed by atoms with E-state index in [2.05, 4.69) is 11.4 Å². The Balaban J connectivity index is 1.87. The van der Waals surface area contributed by atoms with Crippen LogP contribution < -0.4 is 10.1 Å². The Morgan fingerprint density at radius 3 is 2.42 bits per heavy atom. The van der Waals surface area contributed by atoms with E-state index >= 15 is 0 Å². The summed E-state index contributed by atoms with van der Waals surface area (Å²) in [6.45, 7) is 2.66. The van der Waals surface area contributed by atoms with E-state index in [1.54, 1.807) is 38.1 Å². The van der Waals surface area contributed by atoms with Gasteiger partial charge in [-0.05, 0) is 51.0 Å². The molecule has 2 rings (SSSR count). The molecule has 0 saturated heterocycles. The summed E-state index contributed by atoms with van der Waals surface area (Å²) in [4.78, 5) is 24.4. The Bertz CT molecular complexity index is 688. The molecule has 0 aromatic heterocycles. The Labute approximate surface area is 158 Å². The lowest BCUT2D eigenvalue weighted by molar-refractivity contribution is -0.162. The smallest absolute Gasteiger partial charge is 0.350 e. The second-order valence-electron chi connectivity index (χ2n) is 6.95. The van der Waals surface area contributed by atoms with Gasteiger partial charge in [0.25, 0.3) is 5.91 Å². The molecule has 1 amide bonds. The molecule has 6 nitrogen and oxygen atoms in total. The lowest BCUT2D eigenvalue weighted by atomic mass is 9.83. The molecule has 7 heteroatoms. The molecule has 0 spiro atoms. The zero-order chi connectivity index (χ0) is 19.2. The van der Waals surface area contributed by atoms with Crippen molar-refractivity contribution in [3.05, 3.63) is 29.3 Å². The number of nitrogens with zero attached hydrogens (tertiary/aromatic N) is 1. The van der Waals surface area contributed by atoms with Gasteiger partial charge in [0.2, 0.25) is 0 Å². The molecule has 0 radical (unpaired) electrons. The first-order valence-electron chi connectivity index (χ1n) is 8.60. The van der Waals surface area contributed by atoms with Crippen LogP contribution in [0.25, 0.3) is 0 Å². The van der Waals surface area contributed by atoms with E-state index in [0.717, 1.165) is 19.3 Å². The predicted octanol–water partition coefficient (Wildman–Crippen LogP) is 3.38. The summed E-state index contributed by atoms with van der Waals surface area (Å²) in [7, 11) is 0. The number of benzene rings is 1. The van der Waals surface area contributed by atoms with E-state index in [1.165, 1.54) is 0 Å². The quantitative estimate of drug-likeness (QED) is 0.766. The first-order chi connectivity index (χ1) is 12.3. The third-order valence-electron chi connectivity index (χ3n) is 4.31. The maximum Gasteiger partial charge on any atom is 0.350 e. The molecule has 1 aliphatic rings. The van der Waals surface area contributed by atoms with Crippen molar-refractivity contribution >= 4 is 23.5 Å². The minimum atomic E-state index is -1.27. The lowest BCUT2D eigenvalue weighted by Crippen LogP contribution is -2.50. The van der Waals surface area contributed by atoms with Crippen molar-refractivity contribution in [1.29, 1.82) is 5.26 Å². The summed E-state index contributed by atoms with van der Waals surface area (Å²) in [6, 6.07) is 8.78. The lowest BCUT2D eigenvalue weighted by Gasteiger charge is -2.31. The van der Waals surface area contributed by atoms with Crippen molar-refractivity contribution in [3.63, 3.8) is 0 Å². The molecule has 1 aromatic carbocycles. The highest BCUT2D eigenvalue weighted by Gasteiger charge is 2.35. The van der Waals surface area contributed by atoms with Crippen LogP contribution in [0.15, 0.2) is 24.3 Å². The zero-order valence-corrected chi connectivity index (χ0v) is 15.8. The monoisotopic (exact) mass is 378 g/mol. The van der Waals surface area contributed by atoms with Crippen molar-refractivity contribution in [3.8, 4) is 11.8 Å². The molecular formula is C19H23ClN2O4. The molecule has 1 fully saturated rings. The summed E-state index contributed by atoms with van der Waals surface area (Å²) >= 11 is 5.82. The molecule has 0 bridgehead atoms. The molecular weight excluding hydrogens is 356 g/mol. The van der Waals surface area contributed by atoms with Crippen LogP contribution in [0.4, 0.5) is 0 Å². The van der Waals surface area contributed by atoms with Crippen LogP contribution in [0.3, 0.4) is 0 Å². The van der Waals surface area contributed by atoms with E-state index in [9.17, 15) is 14.9 Å². The number of nitrogens with one attached hydrogen (secondary N) is 1. The minimum Gasteiger partial charge on any atom is -0.476 e. The highest BCUT2D eigenvalue weighted by molar-refractivity contribution is 6.30. The maximum atomic E-state index is 12.3. The van der Waals surface area contributed by atoms with Gasteiger partial charge in [-0.15, -0.1) is 0 Å². The van der Waals surface area contributed by atoms with Crippen LogP contribution in [0.1, 0.15) is 46.0 Å². The standard InChI is InChI=1S/C19H23ClN2O4/c1-18(2,26-15-8-6-14(20)7-9-15)17(24)25-12-16(23)22-19(13-21)10-4-3-5-11-19/h6-9H,3-5,10-12H2,1-2H3,(H,22,23).